The van der Waals surface area contributed by atoms with Gasteiger partial charge in [-0.05, 0) is 25.0 Å². The van der Waals surface area contributed by atoms with Crippen molar-refractivity contribution in [2.45, 2.75) is 19.4 Å². The van der Waals surface area contributed by atoms with E-state index in [0.29, 0.717) is 6.54 Å². The number of nitrogens with zero attached hydrogens (tertiary/aromatic N) is 1. The van der Waals surface area contributed by atoms with Gasteiger partial charge in [0, 0.05) is 13.6 Å². The van der Waals surface area contributed by atoms with Crippen molar-refractivity contribution in [1.29, 1.82) is 0 Å². The summed E-state index contributed by atoms with van der Waals surface area (Å²) in [6.45, 7) is 2.34. The lowest BCUT2D eigenvalue weighted by Crippen LogP contribution is -2.40. The summed E-state index contributed by atoms with van der Waals surface area (Å²) in [6.07, 6.45) is 0.763. The van der Waals surface area contributed by atoms with Gasteiger partial charge in [-0.1, -0.05) is 18.2 Å². The van der Waals surface area contributed by atoms with Crippen LogP contribution in [0.5, 0.6) is 5.75 Å². The third-order valence-electron chi connectivity index (χ3n) is 2.67. The van der Waals surface area contributed by atoms with Crippen LogP contribution in [0.15, 0.2) is 24.3 Å². The molecule has 1 aromatic rings. The lowest BCUT2D eigenvalue weighted by Gasteiger charge is -2.19. The van der Waals surface area contributed by atoms with Gasteiger partial charge in [0.05, 0.1) is 13.2 Å². The van der Waals surface area contributed by atoms with Gasteiger partial charge in [-0.2, -0.15) is 0 Å². The maximum absolute atomic E-state index is 11.6. The first-order valence-corrected chi connectivity index (χ1v) is 5.68. The average Bonchev–Trinajstić information content (AvgIpc) is 2.35. The van der Waals surface area contributed by atoms with Crippen molar-refractivity contribution < 1.29 is 9.53 Å². The van der Waals surface area contributed by atoms with Crippen LogP contribution in [-0.2, 0) is 11.2 Å². The van der Waals surface area contributed by atoms with Crippen molar-refractivity contribution in [2.75, 3.05) is 20.7 Å². The van der Waals surface area contributed by atoms with E-state index in [1.807, 2.05) is 24.3 Å². The van der Waals surface area contributed by atoms with E-state index in [1.165, 1.54) is 0 Å². The summed E-state index contributed by atoms with van der Waals surface area (Å²) in [5.74, 6) is 0.814. The van der Waals surface area contributed by atoms with Gasteiger partial charge in [0.15, 0.2) is 0 Å². The van der Waals surface area contributed by atoms with E-state index >= 15 is 0 Å². The topological polar surface area (TPSA) is 55.6 Å². The monoisotopic (exact) mass is 236 g/mol. The third kappa shape index (κ3) is 3.75. The number of hydrogen-bond donors (Lipinski definition) is 1. The van der Waals surface area contributed by atoms with Gasteiger partial charge < -0.3 is 15.4 Å². The first-order chi connectivity index (χ1) is 8.06. The number of benzene rings is 1. The van der Waals surface area contributed by atoms with Crippen LogP contribution < -0.4 is 10.5 Å². The van der Waals surface area contributed by atoms with Crippen molar-refractivity contribution in [1.82, 2.24) is 4.90 Å². The molecule has 0 aromatic heterocycles. The zero-order chi connectivity index (χ0) is 12.8. The molecule has 0 heterocycles. The maximum atomic E-state index is 11.6. The molecule has 0 aliphatic heterocycles. The molecular weight excluding hydrogens is 216 g/mol. The highest BCUT2D eigenvalue weighted by molar-refractivity contribution is 5.80. The summed E-state index contributed by atoms with van der Waals surface area (Å²) < 4.78 is 5.26. The van der Waals surface area contributed by atoms with Crippen LogP contribution in [0, 0.1) is 0 Å². The van der Waals surface area contributed by atoms with Crippen molar-refractivity contribution in [3.05, 3.63) is 29.8 Å². The normalized spacial score (nSPS) is 12.0. The fraction of sp³-hybridized carbons (Fsp3) is 0.462. The fourth-order valence-corrected chi connectivity index (χ4v) is 1.66. The second-order valence-corrected chi connectivity index (χ2v) is 4.11. The molecule has 94 valence electrons. The van der Waals surface area contributed by atoms with Crippen LogP contribution in [0.4, 0.5) is 0 Å². The summed E-state index contributed by atoms with van der Waals surface area (Å²) in [6, 6.07) is 7.37. The molecule has 2 N–H and O–H groups in total. The second-order valence-electron chi connectivity index (χ2n) is 4.11. The quantitative estimate of drug-likeness (QED) is 0.831. The zero-order valence-electron chi connectivity index (χ0n) is 10.6. The molecular formula is C13H20N2O2. The minimum atomic E-state index is -0.447. The molecule has 0 fully saturated rings. The largest absolute Gasteiger partial charge is 0.496 e. The van der Waals surface area contributed by atoms with Gasteiger partial charge in [-0.3, -0.25) is 4.79 Å². The summed E-state index contributed by atoms with van der Waals surface area (Å²) >= 11 is 0. The number of para-hydroxylation sites is 1. The molecule has 1 rings (SSSR count). The Labute approximate surface area is 102 Å². The van der Waals surface area contributed by atoms with Crippen LogP contribution in [0.1, 0.15) is 12.5 Å². The summed E-state index contributed by atoms with van der Waals surface area (Å²) in [5, 5.41) is 0. The van der Waals surface area contributed by atoms with E-state index in [2.05, 4.69) is 0 Å². The number of carbonyl (C=O) groups excluding carboxylic acids is 1. The zero-order valence-corrected chi connectivity index (χ0v) is 10.6. The average molecular weight is 236 g/mol. The summed E-state index contributed by atoms with van der Waals surface area (Å²) in [4.78, 5) is 13.2. The fourth-order valence-electron chi connectivity index (χ4n) is 1.66. The van der Waals surface area contributed by atoms with E-state index < -0.39 is 6.04 Å². The first-order valence-electron chi connectivity index (χ1n) is 5.68. The summed E-state index contributed by atoms with van der Waals surface area (Å²) in [7, 11) is 3.41. The van der Waals surface area contributed by atoms with Gasteiger partial charge in [0.25, 0.3) is 0 Å². The molecule has 0 aliphatic rings. The SMILES string of the molecule is COc1ccccc1CCN(C)C(=O)C(C)N. The van der Waals surface area contributed by atoms with Crippen molar-refractivity contribution in [3.8, 4) is 5.75 Å². The predicted molar refractivity (Wildman–Crippen MR) is 68.0 cm³/mol. The Kier molecular flexibility index (Phi) is 4.97. The highest BCUT2D eigenvalue weighted by Gasteiger charge is 2.13. The van der Waals surface area contributed by atoms with Crippen molar-refractivity contribution in [2.24, 2.45) is 5.73 Å². The van der Waals surface area contributed by atoms with Crippen LogP contribution in [0.3, 0.4) is 0 Å². The number of amides is 1. The lowest BCUT2D eigenvalue weighted by molar-refractivity contribution is -0.130. The number of methoxy groups -OCH3 is 1. The number of carbonyl (C=O) groups is 1. The Hall–Kier alpha value is -1.55. The van der Waals surface area contributed by atoms with Crippen molar-refractivity contribution >= 4 is 5.91 Å². The van der Waals surface area contributed by atoms with E-state index in [4.69, 9.17) is 10.5 Å². The van der Waals surface area contributed by atoms with Gasteiger partial charge >= 0.3 is 0 Å². The van der Waals surface area contributed by atoms with E-state index in [1.54, 1.807) is 26.0 Å². The number of ether oxygens (including phenoxy) is 1. The molecule has 4 nitrogen and oxygen atoms in total. The van der Waals surface area contributed by atoms with Crippen LogP contribution in [0.25, 0.3) is 0 Å². The number of likely N-dealkylation sites (N-methyl/N-ethyl adjacent to an activating group) is 1. The van der Waals surface area contributed by atoms with Crippen LogP contribution in [-0.4, -0.2) is 37.6 Å². The molecule has 17 heavy (non-hydrogen) atoms. The van der Waals surface area contributed by atoms with Crippen molar-refractivity contribution in [3.63, 3.8) is 0 Å². The van der Waals surface area contributed by atoms with Gasteiger partial charge in [-0.15, -0.1) is 0 Å². The molecule has 1 aromatic carbocycles. The van der Waals surface area contributed by atoms with Crippen LogP contribution in [0.2, 0.25) is 0 Å². The molecule has 0 bridgehead atoms. The molecule has 0 aliphatic carbocycles. The molecule has 0 saturated heterocycles. The standard InChI is InChI=1S/C13H20N2O2/c1-10(14)13(16)15(2)9-8-11-6-4-5-7-12(11)17-3/h4-7,10H,8-9,14H2,1-3H3. The Morgan fingerprint density at radius 2 is 2.12 bits per heavy atom. The Bertz CT molecular complexity index is 377. The first kappa shape index (κ1) is 13.5. The Balaban J connectivity index is 2.58. The maximum Gasteiger partial charge on any atom is 0.238 e. The van der Waals surface area contributed by atoms with Crippen LogP contribution >= 0.6 is 0 Å². The number of nitrogens with two attached hydrogens (primary N) is 1. The smallest absolute Gasteiger partial charge is 0.238 e. The van der Waals surface area contributed by atoms with Gasteiger partial charge in [0.2, 0.25) is 5.91 Å². The van der Waals surface area contributed by atoms with Gasteiger partial charge in [-0.25, -0.2) is 0 Å². The van der Waals surface area contributed by atoms with E-state index in [-0.39, 0.29) is 5.91 Å². The molecule has 4 heteroatoms. The predicted octanol–water partition coefficient (Wildman–Crippen LogP) is 1.04. The lowest BCUT2D eigenvalue weighted by atomic mass is 10.1. The molecule has 0 saturated carbocycles. The molecule has 0 spiro atoms. The molecule has 1 unspecified atom stereocenters. The molecule has 1 amide bonds. The summed E-state index contributed by atoms with van der Waals surface area (Å²) in [5.41, 5.74) is 6.64. The highest BCUT2D eigenvalue weighted by Crippen LogP contribution is 2.17. The third-order valence-corrected chi connectivity index (χ3v) is 2.67. The van der Waals surface area contributed by atoms with E-state index in [9.17, 15) is 4.79 Å². The minimum Gasteiger partial charge on any atom is -0.496 e. The Morgan fingerprint density at radius 3 is 2.71 bits per heavy atom. The number of hydrogen-bond acceptors (Lipinski definition) is 3. The highest BCUT2D eigenvalue weighted by atomic mass is 16.5. The molecule has 0 radical (unpaired) electrons. The second kappa shape index (κ2) is 6.25. The molecule has 1 atom stereocenters. The Morgan fingerprint density at radius 1 is 1.47 bits per heavy atom. The minimum absolute atomic E-state index is 0.0418. The number of rotatable bonds is 5. The van der Waals surface area contributed by atoms with E-state index in [0.717, 1.165) is 17.7 Å². The van der Waals surface area contributed by atoms with Gasteiger partial charge in [0.1, 0.15) is 5.75 Å².